The van der Waals surface area contributed by atoms with E-state index in [-0.39, 0.29) is 10.8 Å². The van der Waals surface area contributed by atoms with E-state index >= 15 is 0 Å². The molecule has 158 valence electrons. The number of hydrogen-bond donors (Lipinski definition) is 3. The SMILES string of the molecule is Cc1noc(NS(=O)(=O)c2ccc(Nc3cc(-c4cccc(N)c4)ncn3)cc2)c1C. The van der Waals surface area contributed by atoms with Crippen molar-refractivity contribution in [3.8, 4) is 11.3 Å². The molecule has 0 aliphatic heterocycles. The third kappa shape index (κ3) is 4.48. The lowest BCUT2D eigenvalue weighted by molar-refractivity contribution is 0.430. The average molecular weight is 436 g/mol. The van der Waals surface area contributed by atoms with Gasteiger partial charge in [-0.1, -0.05) is 17.3 Å². The quantitative estimate of drug-likeness (QED) is 0.388. The molecule has 9 nitrogen and oxygen atoms in total. The number of aromatic nitrogens is 3. The first-order valence-corrected chi connectivity index (χ1v) is 10.8. The molecule has 4 rings (SSSR count). The topological polar surface area (TPSA) is 136 Å². The van der Waals surface area contributed by atoms with Gasteiger partial charge in [0.2, 0.25) is 5.88 Å². The molecule has 2 aromatic carbocycles. The number of hydrogen-bond acceptors (Lipinski definition) is 8. The molecule has 0 atom stereocenters. The molecular formula is C21H20N6O3S. The Morgan fingerprint density at radius 3 is 2.45 bits per heavy atom. The van der Waals surface area contributed by atoms with Crippen LogP contribution in [0.2, 0.25) is 0 Å². The molecule has 0 bridgehead atoms. The lowest BCUT2D eigenvalue weighted by Crippen LogP contribution is -2.13. The third-order valence-electron chi connectivity index (χ3n) is 4.67. The third-order valence-corrected chi connectivity index (χ3v) is 6.02. The highest BCUT2D eigenvalue weighted by atomic mass is 32.2. The van der Waals surface area contributed by atoms with Crippen LogP contribution in [-0.2, 0) is 10.0 Å². The number of nitrogens with zero attached hydrogens (tertiary/aromatic N) is 3. The highest BCUT2D eigenvalue weighted by Gasteiger charge is 2.19. The summed E-state index contributed by atoms with van der Waals surface area (Å²) in [7, 11) is -3.81. The molecule has 0 spiro atoms. The molecule has 0 unspecified atom stereocenters. The summed E-state index contributed by atoms with van der Waals surface area (Å²) in [6.07, 6.45) is 1.45. The molecule has 0 aliphatic rings. The summed E-state index contributed by atoms with van der Waals surface area (Å²) in [5, 5.41) is 6.90. The first-order chi connectivity index (χ1) is 14.8. The Hall–Kier alpha value is -3.92. The van der Waals surface area contributed by atoms with Gasteiger partial charge in [-0.2, -0.15) is 0 Å². The van der Waals surface area contributed by atoms with Crippen molar-refractivity contribution in [2.45, 2.75) is 18.7 Å². The van der Waals surface area contributed by atoms with Crippen LogP contribution in [0.15, 0.2) is 70.3 Å². The molecule has 2 aromatic heterocycles. The van der Waals surface area contributed by atoms with Gasteiger partial charge in [0.15, 0.2) is 0 Å². The molecule has 0 saturated carbocycles. The molecule has 0 radical (unpaired) electrons. The molecule has 0 fully saturated rings. The van der Waals surface area contributed by atoms with Gasteiger partial charge in [-0.15, -0.1) is 0 Å². The van der Waals surface area contributed by atoms with E-state index in [2.05, 4.69) is 25.2 Å². The van der Waals surface area contributed by atoms with Gasteiger partial charge in [0.25, 0.3) is 10.0 Å². The normalized spacial score (nSPS) is 11.3. The lowest BCUT2D eigenvalue weighted by Gasteiger charge is -2.09. The molecule has 0 aliphatic carbocycles. The first-order valence-electron chi connectivity index (χ1n) is 9.32. The second-order valence-electron chi connectivity index (χ2n) is 6.89. The molecule has 0 saturated heterocycles. The predicted octanol–water partition coefficient (Wildman–Crippen LogP) is 3.88. The van der Waals surface area contributed by atoms with Crippen LogP contribution in [-0.4, -0.2) is 23.5 Å². The highest BCUT2D eigenvalue weighted by molar-refractivity contribution is 7.92. The summed E-state index contributed by atoms with van der Waals surface area (Å²) in [5.74, 6) is 0.670. The van der Waals surface area contributed by atoms with E-state index in [9.17, 15) is 8.42 Å². The maximum absolute atomic E-state index is 12.6. The number of sulfonamides is 1. The van der Waals surface area contributed by atoms with Gasteiger partial charge in [-0.3, -0.25) is 0 Å². The zero-order chi connectivity index (χ0) is 22.0. The van der Waals surface area contributed by atoms with Crippen molar-refractivity contribution < 1.29 is 12.9 Å². The fraction of sp³-hybridized carbons (Fsp3) is 0.0952. The Morgan fingerprint density at radius 1 is 1.00 bits per heavy atom. The van der Waals surface area contributed by atoms with Crippen LogP contribution < -0.4 is 15.8 Å². The minimum Gasteiger partial charge on any atom is -0.399 e. The van der Waals surface area contributed by atoms with Gasteiger partial charge in [-0.05, 0) is 50.2 Å². The second kappa shape index (κ2) is 8.07. The fourth-order valence-electron chi connectivity index (χ4n) is 2.84. The Bertz CT molecular complexity index is 1330. The number of rotatable bonds is 6. The van der Waals surface area contributed by atoms with Crippen LogP contribution >= 0.6 is 0 Å². The van der Waals surface area contributed by atoms with Gasteiger partial charge in [-0.25, -0.2) is 23.1 Å². The van der Waals surface area contributed by atoms with Crippen molar-refractivity contribution in [1.82, 2.24) is 15.1 Å². The summed E-state index contributed by atoms with van der Waals surface area (Å²) in [6, 6.07) is 15.5. The van der Waals surface area contributed by atoms with Crippen LogP contribution in [0, 0.1) is 13.8 Å². The fourth-order valence-corrected chi connectivity index (χ4v) is 3.88. The average Bonchev–Trinajstić information content (AvgIpc) is 3.06. The molecule has 2 heterocycles. The summed E-state index contributed by atoms with van der Waals surface area (Å²) in [6.45, 7) is 3.47. The zero-order valence-electron chi connectivity index (χ0n) is 16.8. The van der Waals surface area contributed by atoms with Crippen molar-refractivity contribution in [2.75, 3.05) is 15.8 Å². The molecule has 0 amide bonds. The number of nitrogen functional groups attached to an aromatic ring is 1. The van der Waals surface area contributed by atoms with E-state index in [4.69, 9.17) is 10.3 Å². The van der Waals surface area contributed by atoms with Crippen molar-refractivity contribution in [1.29, 1.82) is 0 Å². The zero-order valence-corrected chi connectivity index (χ0v) is 17.6. The summed E-state index contributed by atoms with van der Waals surface area (Å²) >= 11 is 0. The summed E-state index contributed by atoms with van der Waals surface area (Å²) < 4.78 is 32.7. The Morgan fingerprint density at radius 2 is 1.77 bits per heavy atom. The van der Waals surface area contributed by atoms with Gasteiger partial charge >= 0.3 is 0 Å². The van der Waals surface area contributed by atoms with E-state index in [1.807, 2.05) is 18.2 Å². The number of anilines is 4. The number of benzene rings is 2. The van der Waals surface area contributed by atoms with Crippen LogP contribution in [0.4, 0.5) is 23.1 Å². The molecule has 10 heteroatoms. The van der Waals surface area contributed by atoms with Crippen LogP contribution in [0.25, 0.3) is 11.3 Å². The molecule has 4 N–H and O–H groups in total. The van der Waals surface area contributed by atoms with Gasteiger partial charge in [0.05, 0.1) is 16.3 Å². The first kappa shape index (κ1) is 20.4. The van der Waals surface area contributed by atoms with E-state index in [0.29, 0.717) is 34.1 Å². The summed E-state index contributed by atoms with van der Waals surface area (Å²) in [5.41, 5.74) is 10.0. The van der Waals surface area contributed by atoms with Crippen molar-refractivity contribution in [3.63, 3.8) is 0 Å². The van der Waals surface area contributed by atoms with Gasteiger partial charge < -0.3 is 15.6 Å². The highest BCUT2D eigenvalue weighted by Crippen LogP contribution is 2.25. The van der Waals surface area contributed by atoms with Crippen molar-refractivity contribution >= 4 is 33.1 Å². The maximum Gasteiger partial charge on any atom is 0.264 e. The lowest BCUT2D eigenvalue weighted by atomic mass is 10.1. The predicted molar refractivity (Wildman–Crippen MR) is 118 cm³/mol. The smallest absolute Gasteiger partial charge is 0.264 e. The molecular weight excluding hydrogens is 416 g/mol. The standard InChI is InChI=1S/C21H20N6O3S/c1-13-14(2)26-30-21(13)27-31(28,29)18-8-6-17(7-9-18)25-20-11-19(23-12-24-20)15-4-3-5-16(22)10-15/h3-12,27H,22H2,1-2H3,(H,23,24,25). The maximum atomic E-state index is 12.6. The minimum absolute atomic E-state index is 0.0923. The van der Waals surface area contributed by atoms with E-state index in [0.717, 1.165) is 5.56 Å². The molecule has 4 aromatic rings. The largest absolute Gasteiger partial charge is 0.399 e. The number of nitrogens with one attached hydrogen (secondary N) is 2. The minimum atomic E-state index is -3.81. The van der Waals surface area contributed by atoms with E-state index < -0.39 is 10.0 Å². The summed E-state index contributed by atoms with van der Waals surface area (Å²) in [4.78, 5) is 8.59. The Labute approximate surface area is 179 Å². The number of nitrogens with two attached hydrogens (primary N) is 1. The van der Waals surface area contributed by atoms with Crippen LogP contribution in [0.3, 0.4) is 0 Å². The van der Waals surface area contributed by atoms with E-state index in [1.165, 1.54) is 18.5 Å². The van der Waals surface area contributed by atoms with Crippen molar-refractivity contribution in [3.05, 3.63) is 72.2 Å². The Kier molecular flexibility index (Phi) is 5.30. The van der Waals surface area contributed by atoms with E-state index in [1.54, 1.807) is 38.1 Å². The van der Waals surface area contributed by atoms with Gasteiger partial charge in [0.1, 0.15) is 12.1 Å². The van der Waals surface area contributed by atoms with Crippen LogP contribution in [0.1, 0.15) is 11.3 Å². The van der Waals surface area contributed by atoms with Gasteiger partial charge in [0, 0.05) is 28.6 Å². The van der Waals surface area contributed by atoms with Crippen LogP contribution in [0.5, 0.6) is 0 Å². The second-order valence-corrected chi connectivity index (χ2v) is 8.57. The van der Waals surface area contributed by atoms with Crippen molar-refractivity contribution in [2.24, 2.45) is 0 Å². The number of aryl methyl sites for hydroxylation is 1. The molecule has 31 heavy (non-hydrogen) atoms. The monoisotopic (exact) mass is 436 g/mol. The Balaban J connectivity index is 1.51.